The van der Waals surface area contributed by atoms with Crippen molar-refractivity contribution in [1.82, 2.24) is 9.78 Å². The van der Waals surface area contributed by atoms with E-state index < -0.39 is 89.7 Å². The summed E-state index contributed by atoms with van der Waals surface area (Å²) in [5.41, 5.74) is -2.81. The topological polar surface area (TPSA) is 255 Å². The van der Waals surface area contributed by atoms with Crippen LogP contribution in [0.1, 0.15) is 13.3 Å². The molecule has 212 valence electrons. The van der Waals surface area contributed by atoms with E-state index in [9.17, 15) is 56.7 Å². The first-order valence-corrected chi connectivity index (χ1v) is 16.0. The molecule has 1 atom stereocenters. The molecule has 0 aliphatic heterocycles. The fourth-order valence-corrected chi connectivity index (χ4v) is 6.36. The van der Waals surface area contributed by atoms with Gasteiger partial charge in [-0.3, -0.25) is 32.8 Å². The Morgan fingerprint density at radius 3 is 1.77 bits per heavy atom. The zero-order chi connectivity index (χ0) is 28.9. The van der Waals surface area contributed by atoms with Crippen molar-refractivity contribution in [2.24, 2.45) is 0 Å². The molecule has 3 aromatic rings. The Hall–Kier alpha value is -0.910. The van der Waals surface area contributed by atoms with Crippen LogP contribution in [0.2, 0.25) is 0 Å². The van der Waals surface area contributed by atoms with Crippen molar-refractivity contribution in [2.45, 2.75) is 28.0 Å². The molecule has 0 saturated heterocycles. The van der Waals surface area contributed by atoms with E-state index in [-0.39, 0.29) is 64.7 Å². The van der Waals surface area contributed by atoms with Gasteiger partial charge < -0.3 is 0 Å². The summed E-state index contributed by atoms with van der Waals surface area (Å²) in [5.74, 6) is -1.21. The van der Waals surface area contributed by atoms with Gasteiger partial charge in [0.25, 0.3) is 46.0 Å². The molecule has 0 aliphatic rings. The molecule has 1 heterocycles. The van der Waals surface area contributed by atoms with Gasteiger partial charge in [-0.25, -0.2) is 0 Å². The Morgan fingerprint density at radius 1 is 0.800 bits per heavy atom. The minimum atomic E-state index is -5.31. The van der Waals surface area contributed by atoms with Crippen molar-refractivity contribution in [1.29, 1.82) is 0 Å². The van der Waals surface area contributed by atoms with Crippen LogP contribution in [-0.4, -0.2) is 127 Å². The molecular formula is C19H22N2Na2O13S4. The van der Waals surface area contributed by atoms with Crippen LogP contribution in [0.15, 0.2) is 63.1 Å². The molecule has 15 nitrogen and oxygen atoms in total. The SMILES string of the molecule is CC(CCS(=O)(=O)O)(n1[nH]c(=O)c(-c2ccccc2S(=O)(=O)O)c1-c1ccc(S(=O)(=O)O)cc1)S(=O)(=O)O.[NaH].[NaH]. The zero-order valence-electron chi connectivity index (χ0n) is 19.1. The van der Waals surface area contributed by atoms with Gasteiger partial charge in [-0.1, -0.05) is 30.3 Å². The first-order chi connectivity index (χ1) is 17.2. The summed E-state index contributed by atoms with van der Waals surface area (Å²) in [6.07, 6.45) is -1.02. The third kappa shape index (κ3) is 7.92. The summed E-state index contributed by atoms with van der Waals surface area (Å²) >= 11 is 0. The number of rotatable bonds is 9. The molecule has 0 spiro atoms. The number of nitrogens with one attached hydrogen (secondary N) is 1. The van der Waals surface area contributed by atoms with Crippen LogP contribution >= 0.6 is 0 Å². The molecule has 3 rings (SSSR count). The van der Waals surface area contributed by atoms with Gasteiger partial charge in [0.15, 0.2) is 4.87 Å². The molecule has 1 aromatic heterocycles. The van der Waals surface area contributed by atoms with E-state index in [1.54, 1.807) is 0 Å². The average Bonchev–Trinajstić information content (AvgIpc) is 3.12. The van der Waals surface area contributed by atoms with E-state index in [2.05, 4.69) is 5.10 Å². The number of H-pyrrole nitrogens is 1. The van der Waals surface area contributed by atoms with Crippen LogP contribution in [0.5, 0.6) is 0 Å². The minimum absolute atomic E-state index is 0. The van der Waals surface area contributed by atoms with Crippen molar-refractivity contribution in [3.8, 4) is 22.4 Å². The van der Waals surface area contributed by atoms with E-state index in [1.807, 2.05) is 0 Å². The summed E-state index contributed by atoms with van der Waals surface area (Å²) in [7, 11) is -19.8. The summed E-state index contributed by atoms with van der Waals surface area (Å²) in [6, 6.07) is 8.29. The van der Waals surface area contributed by atoms with Gasteiger partial charge in [0.1, 0.15) is 4.90 Å². The monoisotopic (exact) mass is 660 g/mol. The molecule has 0 fully saturated rings. The van der Waals surface area contributed by atoms with E-state index in [0.717, 1.165) is 43.3 Å². The van der Waals surface area contributed by atoms with E-state index >= 15 is 0 Å². The first-order valence-electron chi connectivity index (χ1n) is 10.1. The van der Waals surface area contributed by atoms with Crippen LogP contribution in [0.25, 0.3) is 22.4 Å². The Bertz CT molecular complexity index is 1900. The van der Waals surface area contributed by atoms with Gasteiger partial charge in [0, 0.05) is 17.5 Å². The predicted molar refractivity (Wildman–Crippen MR) is 146 cm³/mol. The second-order valence-electron chi connectivity index (χ2n) is 8.16. The first kappa shape index (κ1) is 37.1. The van der Waals surface area contributed by atoms with Gasteiger partial charge >= 0.3 is 59.1 Å². The Labute approximate surface area is 273 Å². The predicted octanol–water partition coefficient (Wildman–Crippen LogP) is -0.455. The third-order valence-corrected chi connectivity index (χ3v) is 9.61. The summed E-state index contributed by atoms with van der Waals surface area (Å²) < 4.78 is 134. The number of hydrogen-bond donors (Lipinski definition) is 5. The quantitative estimate of drug-likeness (QED) is 0.144. The molecule has 0 saturated carbocycles. The molecule has 40 heavy (non-hydrogen) atoms. The van der Waals surface area contributed by atoms with E-state index in [4.69, 9.17) is 0 Å². The van der Waals surface area contributed by atoms with Gasteiger partial charge in [0.05, 0.1) is 21.9 Å². The molecule has 0 aliphatic carbocycles. The van der Waals surface area contributed by atoms with Crippen LogP contribution in [-0.2, 0) is 45.3 Å². The van der Waals surface area contributed by atoms with Crippen LogP contribution in [0.3, 0.4) is 0 Å². The van der Waals surface area contributed by atoms with E-state index in [0.29, 0.717) is 4.68 Å². The summed E-state index contributed by atoms with van der Waals surface area (Å²) in [6.45, 7) is 0.804. The second kappa shape index (κ2) is 12.8. The maximum absolute atomic E-state index is 13.2. The van der Waals surface area contributed by atoms with Crippen LogP contribution in [0.4, 0.5) is 0 Å². The van der Waals surface area contributed by atoms with Crippen LogP contribution in [0, 0.1) is 0 Å². The molecule has 1 unspecified atom stereocenters. The fourth-order valence-electron chi connectivity index (χ4n) is 3.67. The Kier molecular flexibility index (Phi) is 11.8. The van der Waals surface area contributed by atoms with Gasteiger partial charge in [-0.15, -0.1) is 0 Å². The number of aromatic amines is 1. The van der Waals surface area contributed by atoms with Crippen molar-refractivity contribution < 1.29 is 51.9 Å². The summed E-state index contributed by atoms with van der Waals surface area (Å²) in [5, 5.41) is 2.12. The van der Waals surface area contributed by atoms with E-state index in [1.165, 1.54) is 12.1 Å². The van der Waals surface area contributed by atoms with Gasteiger partial charge in [0.2, 0.25) is 0 Å². The number of aromatic nitrogens is 2. The average molecular weight is 661 g/mol. The second-order valence-corrected chi connectivity index (χ2v) is 14.4. The Balaban J connectivity index is 0.00000400. The van der Waals surface area contributed by atoms with Crippen molar-refractivity contribution in [2.75, 3.05) is 5.75 Å². The molecule has 5 N–H and O–H groups in total. The van der Waals surface area contributed by atoms with Crippen molar-refractivity contribution in [3.63, 3.8) is 0 Å². The summed E-state index contributed by atoms with van der Waals surface area (Å²) in [4.78, 5) is 9.10. The zero-order valence-corrected chi connectivity index (χ0v) is 22.3. The molecule has 0 bridgehead atoms. The number of benzene rings is 2. The molecular weight excluding hydrogens is 638 g/mol. The fraction of sp³-hybridized carbons (Fsp3) is 0.211. The standard InChI is InChI=1S/C19H20N2O13S4.2Na.2H/c1-19(38(32,33)34,10-11-35(23,24)25)21-17(12-6-8-13(9-7-12)36(26,27)28)16(18(22)20-21)14-4-2-3-5-15(14)37(29,30)31;;;;/h2-9H,10-11H2,1H3,(H,20,22)(H,23,24,25)(H,26,27,28)(H,29,30,31)(H,32,33,34);;;;. The molecule has 0 radical (unpaired) electrons. The molecule has 21 heteroatoms. The number of nitrogens with zero attached hydrogens (tertiary/aromatic N) is 1. The maximum atomic E-state index is 13.2. The van der Waals surface area contributed by atoms with Crippen molar-refractivity contribution in [3.05, 3.63) is 58.9 Å². The normalized spacial score (nSPS) is 14.0. The van der Waals surface area contributed by atoms with Crippen molar-refractivity contribution >= 4 is 99.6 Å². The van der Waals surface area contributed by atoms with Gasteiger partial charge in [-0.2, -0.15) is 33.7 Å². The third-order valence-electron chi connectivity index (χ3n) is 5.61. The van der Waals surface area contributed by atoms with Crippen LogP contribution < -0.4 is 5.56 Å². The number of hydrogen-bond acceptors (Lipinski definition) is 9. The Morgan fingerprint density at radius 2 is 1.32 bits per heavy atom. The van der Waals surface area contributed by atoms with Gasteiger partial charge in [-0.05, 0) is 25.1 Å². The molecule has 2 aromatic carbocycles. The molecule has 0 amide bonds.